The summed E-state index contributed by atoms with van der Waals surface area (Å²) < 4.78 is 5.64. The SMILES string of the molecule is C/C=C/[C@@]1(C)O[C@@H]1c1ccccc1. The Morgan fingerprint density at radius 2 is 2.00 bits per heavy atom. The quantitative estimate of drug-likeness (QED) is 0.496. The molecular weight excluding hydrogens is 160 g/mol. The van der Waals surface area contributed by atoms with Gasteiger partial charge < -0.3 is 4.74 Å². The molecule has 1 nitrogen and oxygen atoms in total. The van der Waals surface area contributed by atoms with Gasteiger partial charge in [-0.05, 0) is 19.4 Å². The highest BCUT2D eigenvalue weighted by Gasteiger charge is 2.50. The van der Waals surface area contributed by atoms with Gasteiger partial charge in [0.05, 0.1) is 0 Å². The summed E-state index contributed by atoms with van der Waals surface area (Å²) in [6, 6.07) is 10.3. The number of hydrogen-bond acceptors (Lipinski definition) is 1. The van der Waals surface area contributed by atoms with Crippen LogP contribution in [0.1, 0.15) is 25.5 Å². The molecule has 2 atom stereocenters. The first-order valence-corrected chi connectivity index (χ1v) is 4.63. The maximum atomic E-state index is 5.64. The molecule has 1 aromatic carbocycles. The van der Waals surface area contributed by atoms with Crippen LogP contribution in [0, 0.1) is 0 Å². The molecule has 1 aromatic rings. The van der Waals surface area contributed by atoms with Crippen molar-refractivity contribution in [2.75, 3.05) is 0 Å². The molecule has 0 amide bonds. The zero-order chi connectivity index (χ0) is 9.31. The molecule has 68 valence electrons. The predicted molar refractivity (Wildman–Crippen MR) is 53.5 cm³/mol. The summed E-state index contributed by atoms with van der Waals surface area (Å²) in [5.41, 5.74) is 1.21. The summed E-state index contributed by atoms with van der Waals surface area (Å²) in [4.78, 5) is 0. The lowest BCUT2D eigenvalue weighted by molar-refractivity contribution is 0.345. The molecule has 0 radical (unpaired) electrons. The first-order valence-electron chi connectivity index (χ1n) is 4.63. The van der Waals surface area contributed by atoms with Crippen LogP contribution in [-0.4, -0.2) is 5.60 Å². The highest BCUT2D eigenvalue weighted by Crippen LogP contribution is 2.50. The molecule has 0 spiro atoms. The molecule has 0 saturated carbocycles. The van der Waals surface area contributed by atoms with Crippen molar-refractivity contribution in [3.05, 3.63) is 48.0 Å². The first-order chi connectivity index (χ1) is 6.26. The van der Waals surface area contributed by atoms with Crippen LogP contribution in [0.2, 0.25) is 0 Å². The van der Waals surface area contributed by atoms with E-state index in [9.17, 15) is 0 Å². The van der Waals surface area contributed by atoms with Crippen molar-refractivity contribution < 1.29 is 4.74 Å². The van der Waals surface area contributed by atoms with Crippen LogP contribution in [-0.2, 0) is 4.74 Å². The van der Waals surface area contributed by atoms with Crippen molar-refractivity contribution in [3.63, 3.8) is 0 Å². The van der Waals surface area contributed by atoms with E-state index in [1.165, 1.54) is 5.56 Å². The lowest BCUT2D eigenvalue weighted by Crippen LogP contribution is -2.00. The van der Waals surface area contributed by atoms with Gasteiger partial charge in [-0.1, -0.05) is 42.5 Å². The number of rotatable bonds is 2. The summed E-state index contributed by atoms with van der Waals surface area (Å²) in [6.07, 6.45) is 4.41. The van der Waals surface area contributed by atoms with Crippen LogP contribution in [0.4, 0.5) is 0 Å². The highest BCUT2D eigenvalue weighted by atomic mass is 16.6. The molecule has 1 heterocycles. The summed E-state index contributed by atoms with van der Waals surface area (Å²) in [5, 5.41) is 0. The molecule has 0 unspecified atom stereocenters. The van der Waals surface area contributed by atoms with E-state index >= 15 is 0 Å². The van der Waals surface area contributed by atoms with Gasteiger partial charge in [-0.2, -0.15) is 0 Å². The molecule has 13 heavy (non-hydrogen) atoms. The van der Waals surface area contributed by atoms with E-state index in [-0.39, 0.29) is 11.7 Å². The molecule has 0 aromatic heterocycles. The number of epoxide rings is 1. The van der Waals surface area contributed by atoms with Gasteiger partial charge in [0.25, 0.3) is 0 Å². The molecule has 1 saturated heterocycles. The Morgan fingerprint density at radius 3 is 2.62 bits per heavy atom. The van der Waals surface area contributed by atoms with E-state index < -0.39 is 0 Å². The van der Waals surface area contributed by atoms with E-state index in [2.05, 4.69) is 25.1 Å². The maximum absolute atomic E-state index is 5.64. The summed E-state index contributed by atoms with van der Waals surface area (Å²) in [7, 11) is 0. The monoisotopic (exact) mass is 174 g/mol. The number of benzene rings is 1. The van der Waals surface area contributed by atoms with Gasteiger partial charge in [0.2, 0.25) is 0 Å². The fourth-order valence-electron chi connectivity index (χ4n) is 1.70. The maximum Gasteiger partial charge on any atom is 0.116 e. The fourth-order valence-corrected chi connectivity index (χ4v) is 1.70. The van der Waals surface area contributed by atoms with Crippen molar-refractivity contribution in [2.24, 2.45) is 0 Å². The molecule has 1 aliphatic rings. The first kappa shape index (κ1) is 8.52. The van der Waals surface area contributed by atoms with Crippen molar-refractivity contribution in [2.45, 2.75) is 25.6 Å². The molecule has 0 bridgehead atoms. The lowest BCUT2D eigenvalue weighted by atomic mass is 10.0. The van der Waals surface area contributed by atoms with Crippen molar-refractivity contribution in [3.8, 4) is 0 Å². The predicted octanol–water partition coefficient (Wildman–Crippen LogP) is 3.09. The summed E-state index contributed by atoms with van der Waals surface area (Å²) in [6.45, 7) is 4.14. The normalized spacial score (nSPS) is 32.3. The Labute approximate surface area is 79.0 Å². The minimum absolute atomic E-state index is 0.0594. The second kappa shape index (κ2) is 3.00. The molecular formula is C12H14O. The van der Waals surface area contributed by atoms with Crippen molar-refractivity contribution in [1.82, 2.24) is 0 Å². The van der Waals surface area contributed by atoms with Gasteiger partial charge in [-0.3, -0.25) is 0 Å². The third-order valence-corrected chi connectivity index (χ3v) is 2.44. The van der Waals surface area contributed by atoms with Gasteiger partial charge in [0.1, 0.15) is 11.7 Å². The van der Waals surface area contributed by atoms with Gasteiger partial charge in [-0.15, -0.1) is 0 Å². The Balaban J connectivity index is 2.16. The zero-order valence-corrected chi connectivity index (χ0v) is 8.03. The Bertz CT molecular complexity index is 315. The second-order valence-corrected chi connectivity index (χ2v) is 3.59. The molecule has 2 rings (SSSR count). The number of allylic oxidation sites excluding steroid dienone is 1. The minimum Gasteiger partial charge on any atom is -0.357 e. The van der Waals surface area contributed by atoms with E-state index in [1.807, 2.05) is 31.2 Å². The molecule has 1 fully saturated rings. The van der Waals surface area contributed by atoms with Crippen LogP contribution in [0.5, 0.6) is 0 Å². The standard InChI is InChI=1S/C12H14O/c1-3-9-12(2)11(13-12)10-7-5-4-6-8-10/h3-9,11H,1-2H3/b9-3+/t11-,12-/m1/s1. The largest absolute Gasteiger partial charge is 0.357 e. The average Bonchev–Trinajstić information content (AvgIpc) is 2.80. The lowest BCUT2D eigenvalue weighted by Gasteiger charge is -1.97. The van der Waals surface area contributed by atoms with Crippen LogP contribution in [0.25, 0.3) is 0 Å². The van der Waals surface area contributed by atoms with E-state index in [1.54, 1.807) is 0 Å². The van der Waals surface area contributed by atoms with Crippen molar-refractivity contribution in [1.29, 1.82) is 0 Å². The third-order valence-electron chi connectivity index (χ3n) is 2.44. The van der Waals surface area contributed by atoms with Crippen LogP contribution in [0.15, 0.2) is 42.5 Å². The molecule has 1 aliphatic heterocycles. The molecule has 0 aliphatic carbocycles. The third kappa shape index (κ3) is 1.52. The van der Waals surface area contributed by atoms with Gasteiger partial charge >= 0.3 is 0 Å². The van der Waals surface area contributed by atoms with Crippen LogP contribution in [0.3, 0.4) is 0 Å². The summed E-state index contributed by atoms with van der Waals surface area (Å²) >= 11 is 0. The van der Waals surface area contributed by atoms with E-state index in [0.717, 1.165) is 0 Å². The average molecular weight is 174 g/mol. The smallest absolute Gasteiger partial charge is 0.116 e. The summed E-state index contributed by atoms with van der Waals surface area (Å²) in [5.74, 6) is 0. The molecule has 0 N–H and O–H groups in total. The Kier molecular flexibility index (Phi) is 1.97. The Morgan fingerprint density at radius 1 is 1.31 bits per heavy atom. The second-order valence-electron chi connectivity index (χ2n) is 3.59. The number of ether oxygens (including phenoxy) is 1. The minimum atomic E-state index is -0.0594. The molecule has 1 heteroatoms. The van der Waals surface area contributed by atoms with E-state index in [0.29, 0.717) is 0 Å². The van der Waals surface area contributed by atoms with Gasteiger partial charge in [0.15, 0.2) is 0 Å². The topological polar surface area (TPSA) is 12.5 Å². The van der Waals surface area contributed by atoms with Crippen LogP contribution >= 0.6 is 0 Å². The van der Waals surface area contributed by atoms with E-state index in [4.69, 9.17) is 4.74 Å². The zero-order valence-electron chi connectivity index (χ0n) is 8.03. The van der Waals surface area contributed by atoms with Crippen molar-refractivity contribution >= 4 is 0 Å². The highest BCUT2D eigenvalue weighted by molar-refractivity contribution is 5.29. The van der Waals surface area contributed by atoms with Gasteiger partial charge in [0, 0.05) is 0 Å². The fraction of sp³-hybridized carbons (Fsp3) is 0.333. The number of hydrogen-bond donors (Lipinski definition) is 0. The van der Waals surface area contributed by atoms with Gasteiger partial charge in [-0.25, -0.2) is 0 Å². The Hall–Kier alpha value is -1.08. The van der Waals surface area contributed by atoms with Crippen LogP contribution < -0.4 is 0 Å².